The van der Waals surface area contributed by atoms with Crippen molar-refractivity contribution in [2.75, 3.05) is 13.6 Å². The fourth-order valence-electron chi connectivity index (χ4n) is 2.61. The smallest absolute Gasteiger partial charge is 0.191 e. The second-order valence-corrected chi connectivity index (χ2v) is 6.98. The lowest BCUT2D eigenvalue weighted by atomic mass is 10.3. The molecule has 0 amide bonds. The summed E-state index contributed by atoms with van der Waals surface area (Å²) in [5.74, 6) is 1.82. The quantitative estimate of drug-likeness (QED) is 0.234. The monoisotopic (exact) mass is 484 g/mol. The van der Waals surface area contributed by atoms with Crippen LogP contribution in [0.15, 0.2) is 41.5 Å². The highest BCUT2D eigenvalue weighted by atomic mass is 127. The van der Waals surface area contributed by atoms with Crippen molar-refractivity contribution in [3.05, 3.63) is 52.1 Å². The van der Waals surface area contributed by atoms with Crippen molar-refractivity contribution in [3.63, 3.8) is 0 Å². The molecule has 0 saturated heterocycles. The minimum Gasteiger partial charge on any atom is -0.356 e. The lowest BCUT2D eigenvalue weighted by molar-refractivity contribution is 0.715. The van der Waals surface area contributed by atoms with E-state index in [1.54, 1.807) is 7.05 Å². The van der Waals surface area contributed by atoms with Crippen LogP contribution < -0.4 is 10.6 Å². The van der Waals surface area contributed by atoms with Gasteiger partial charge < -0.3 is 10.6 Å². The van der Waals surface area contributed by atoms with Gasteiger partial charge in [0.15, 0.2) is 11.6 Å². The Bertz CT molecular complexity index is 841. The van der Waals surface area contributed by atoms with Gasteiger partial charge in [-0.1, -0.05) is 13.0 Å². The number of aliphatic imine (C=N–C) groups is 1. The first-order chi connectivity index (χ1) is 12.3. The highest BCUT2D eigenvalue weighted by Crippen LogP contribution is 2.16. The lowest BCUT2D eigenvalue weighted by Gasteiger charge is -2.10. The number of aromatic nitrogens is 3. The summed E-state index contributed by atoms with van der Waals surface area (Å²) in [7, 11) is 1.80. The van der Waals surface area contributed by atoms with E-state index in [9.17, 15) is 0 Å². The Kier molecular flexibility index (Phi) is 8.30. The van der Waals surface area contributed by atoms with Gasteiger partial charge in [0.2, 0.25) is 0 Å². The predicted molar refractivity (Wildman–Crippen MR) is 119 cm³/mol. The molecule has 0 saturated carbocycles. The molecule has 3 aromatic rings. The number of aryl methyl sites for hydroxylation is 2. The van der Waals surface area contributed by atoms with E-state index in [0.29, 0.717) is 0 Å². The van der Waals surface area contributed by atoms with E-state index >= 15 is 0 Å². The zero-order valence-electron chi connectivity index (χ0n) is 15.1. The average molecular weight is 484 g/mol. The third kappa shape index (κ3) is 5.41. The van der Waals surface area contributed by atoms with Crippen LogP contribution in [-0.4, -0.2) is 34.2 Å². The molecule has 140 valence electrons. The molecular weight excluding hydrogens is 459 g/mol. The van der Waals surface area contributed by atoms with Gasteiger partial charge in [0.1, 0.15) is 5.82 Å². The number of halogens is 1. The van der Waals surface area contributed by atoms with Gasteiger partial charge in [-0.05, 0) is 37.1 Å². The van der Waals surface area contributed by atoms with E-state index in [2.05, 4.69) is 44.9 Å². The molecular formula is C18H25IN6S. The van der Waals surface area contributed by atoms with Crippen LogP contribution >= 0.6 is 35.3 Å². The maximum absolute atomic E-state index is 4.28. The molecule has 0 bridgehead atoms. The summed E-state index contributed by atoms with van der Waals surface area (Å²) in [6.45, 7) is 3.83. The number of guanidine groups is 1. The van der Waals surface area contributed by atoms with Crippen molar-refractivity contribution >= 4 is 46.9 Å². The van der Waals surface area contributed by atoms with Crippen LogP contribution in [0.2, 0.25) is 0 Å². The molecule has 0 spiro atoms. The Labute approximate surface area is 175 Å². The minimum absolute atomic E-state index is 0. The first kappa shape index (κ1) is 20.6. The maximum atomic E-state index is 4.28. The van der Waals surface area contributed by atoms with E-state index in [1.165, 1.54) is 9.75 Å². The van der Waals surface area contributed by atoms with E-state index < -0.39 is 0 Å². The van der Waals surface area contributed by atoms with Crippen molar-refractivity contribution < 1.29 is 0 Å². The highest BCUT2D eigenvalue weighted by molar-refractivity contribution is 14.0. The topological polar surface area (TPSA) is 66.6 Å². The number of hydrogen-bond donors (Lipinski definition) is 2. The Morgan fingerprint density at radius 1 is 1.15 bits per heavy atom. The second-order valence-electron chi connectivity index (χ2n) is 5.72. The van der Waals surface area contributed by atoms with Gasteiger partial charge in [-0.3, -0.25) is 9.39 Å². The Morgan fingerprint density at radius 3 is 2.77 bits per heavy atom. The molecule has 0 aliphatic carbocycles. The summed E-state index contributed by atoms with van der Waals surface area (Å²) in [5.41, 5.74) is 0.894. The van der Waals surface area contributed by atoms with E-state index in [4.69, 9.17) is 0 Å². The number of rotatable bonds is 7. The number of fused-ring (bicyclic) bond motifs is 1. The summed E-state index contributed by atoms with van der Waals surface area (Å²) >= 11 is 1.85. The average Bonchev–Trinajstić information content (AvgIpc) is 3.28. The van der Waals surface area contributed by atoms with Crippen LogP contribution in [0, 0.1) is 0 Å². The fraction of sp³-hybridized carbons (Fsp3) is 0.389. The van der Waals surface area contributed by atoms with Crippen LogP contribution in [0.1, 0.15) is 28.9 Å². The van der Waals surface area contributed by atoms with Gasteiger partial charge in [0.05, 0.1) is 6.54 Å². The number of nitrogens with zero attached hydrogens (tertiary/aromatic N) is 4. The third-order valence-electron chi connectivity index (χ3n) is 3.97. The Hall–Kier alpha value is -1.68. The summed E-state index contributed by atoms with van der Waals surface area (Å²) in [4.78, 5) is 7.03. The number of thiophene rings is 1. The lowest BCUT2D eigenvalue weighted by Crippen LogP contribution is -2.37. The standard InChI is InChI=1S/C18H24N6S.HI/c1-3-14-9-10-15(25-14)13-21-18(19-2)20-11-6-8-17-23-22-16-7-4-5-12-24(16)17;/h4-5,7,9-10,12H,3,6,8,11,13H2,1-2H3,(H2,19,20,21);1H. The molecule has 2 N–H and O–H groups in total. The SMILES string of the molecule is CCc1ccc(CNC(=NC)NCCCc2nnc3ccccn23)s1.I. The molecule has 0 aliphatic rings. The third-order valence-corrected chi connectivity index (χ3v) is 5.20. The van der Waals surface area contributed by atoms with Crippen LogP contribution in [0.25, 0.3) is 5.65 Å². The van der Waals surface area contributed by atoms with E-state index in [0.717, 1.165) is 49.8 Å². The molecule has 8 heteroatoms. The second kappa shape index (κ2) is 10.5. The first-order valence-electron chi connectivity index (χ1n) is 8.61. The summed E-state index contributed by atoms with van der Waals surface area (Å²) in [6, 6.07) is 10.3. The van der Waals surface area contributed by atoms with Crippen molar-refractivity contribution in [2.45, 2.75) is 32.7 Å². The van der Waals surface area contributed by atoms with Crippen molar-refractivity contribution in [1.29, 1.82) is 0 Å². The van der Waals surface area contributed by atoms with Crippen molar-refractivity contribution in [3.8, 4) is 0 Å². The maximum Gasteiger partial charge on any atom is 0.191 e. The van der Waals surface area contributed by atoms with Crippen molar-refractivity contribution in [2.24, 2.45) is 4.99 Å². The molecule has 0 unspecified atom stereocenters. The molecule has 0 aromatic carbocycles. The van der Waals surface area contributed by atoms with E-state index in [-0.39, 0.29) is 24.0 Å². The fourth-order valence-corrected chi connectivity index (χ4v) is 3.51. The molecule has 26 heavy (non-hydrogen) atoms. The number of pyridine rings is 1. The molecule has 0 aliphatic heterocycles. The van der Waals surface area contributed by atoms with Gasteiger partial charge in [0, 0.05) is 36.0 Å². The van der Waals surface area contributed by atoms with Gasteiger partial charge in [-0.15, -0.1) is 45.5 Å². The molecule has 3 heterocycles. The van der Waals surface area contributed by atoms with Gasteiger partial charge in [-0.25, -0.2) is 0 Å². The number of nitrogens with one attached hydrogen (secondary N) is 2. The minimum atomic E-state index is 0. The molecule has 3 rings (SSSR count). The molecule has 0 fully saturated rings. The van der Waals surface area contributed by atoms with Crippen LogP contribution in [0.5, 0.6) is 0 Å². The largest absolute Gasteiger partial charge is 0.356 e. The molecule has 3 aromatic heterocycles. The highest BCUT2D eigenvalue weighted by Gasteiger charge is 2.05. The first-order valence-corrected chi connectivity index (χ1v) is 9.42. The van der Waals surface area contributed by atoms with Gasteiger partial charge in [0.25, 0.3) is 0 Å². The zero-order valence-corrected chi connectivity index (χ0v) is 18.3. The van der Waals surface area contributed by atoms with Gasteiger partial charge in [-0.2, -0.15) is 0 Å². The zero-order chi connectivity index (χ0) is 17.5. The Morgan fingerprint density at radius 2 is 2.00 bits per heavy atom. The Balaban J connectivity index is 0.00000243. The van der Waals surface area contributed by atoms with Crippen LogP contribution in [0.3, 0.4) is 0 Å². The van der Waals surface area contributed by atoms with Gasteiger partial charge >= 0.3 is 0 Å². The van der Waals surface area contributed by atoms with Crippen molar-refractivity contribution in [1.82, 2.24) is 25.2 Å². The van der Waals surface area contributed by atoms with E-state index in [1.807, 2.05) is 40.1 Å². The predicted octanol–water partition coefficient (Wildman–Crippen LogP) is 3.27. The summed E-state index contributed by atoms with van der Waals surface area (Å²) in [6.07, 6.45) is 4.94. The molecule has 0 radical (unpaired) electrons. The molecule has 6 nitrogen and oxygen atoms in total. The number of hydrogen-bond acceptors (Lipinski definition) is 4. The normalized spacial score (nSPS) is 11.4. The summed E-state index contributed by atoms with van der Waals surface area (Å²) < 4.78 is 2.04. The van der Waals surface area contributed by atoms with Crippen LogP contribution in [0.4, 0.5) is 0 Å². The van der Waals surface area contributed by atoms with Crippen LogP contribution in [-0.2, 0) is 19.4 Å². The summed E-state index contributed by atoms with van der Waals surface area (Å²) in [5, 5.41) is 15.2. The molecule has 0 atom stereocenters.